The number of aromatic amines is 1. The molecule has 1 aliphatic heterocycles. The second kappa shape index (κ2) is 8.57. The lowest BCUT2D eigenvalue weighted by atomic mass is 10.1. The van der Waals surface area contributed by atoms with E-state index in [1.54, 1.807) is 6.07 Å². The maximum Gasteiger partial charge on any atom is 0.490 e. The molecule has 17 nitrogen and oxygen atoms in total. The molecule has 31 heavy (non-hydrogen) atoms. The molecule has 0 spiro atoms. The molecule has 0 aromatic carbocycles. The van der Waals surface area contributed by atoms with Crippen LogP contribution in [0, 0.1) is 0 Å². The molecule has 2 unspecified atom stereocenters. The fourth-order valence-electron chi connectivity index (χ4n) is 2.68. The standard InChI is InChI=1S/C11H16N3O14P3/c15-7-6(4-25-30(21,22)28-31(23,24)27-29(18,19)20)26-10(8(7)16)14-3-5-1-2-12-9(5)13-11(14)17/h1-3,6-8,10,15-16H,4H2,(H,21,22)(H,23,24)(H,12,13,17)(H2,18,19,20)/t6-,7-,8-,10-/m1/s1. The van der Waals surface area contributed by atoms with Gasteiger partial charge in [0.1, 0.15) is 24.0 Å². The van der Waals surface area contributed by atoms with Crippen LogP contribution in [0.25, 0.3) is 11.0 Å². The Hall–Kier alpha value is -1.29. The highest BCUT2D eigenvalue weighted by Crippen LogP contribution is 2.66. The van der Waals surface area contributed by atoms with Gasteiger partial charge in [-0.3, -0.25) is 9.09 Å². The Kier molecular flexibility index (Phi) is 6.73. The van der Waals surface area contributed by atoms with Gasteiger partial charge in [0, 0.05) is 17.8 Å². The first-order valence-corrected chi connectivity index (χ1v) is 12.6. The third kappa shape index (κ3) is 5.94. The van der Waals surface area contributed by atoms with E-state index in [9.17, 15) is 33.6 Å². The molecule has 20 heteroatoms. The zero-order valence-electron chi connectivity index (χ0n) is 14.9. The fraction of sp³-hybridized carbons (Fsp3) is 0.455. The van der Waals surface area contributed by atoms with E-state index in [0.717, 1.165) is 4.57 Å². The van der Waals surface area contributed by atoms with Gasteiger partial charge in [-0.15, -0.1) is 0 Å². The number of fused-ring (bicyclic) bond motifs is 1. The molecule has 6 atom stereocenters. The molecular weight excluding hydrogens is 491 g/mol. The summed E-state index contributed by atoms with van der Waals surface area (Å²) in [6.07, 6.45) is -3.65. The van der Waals surface area contributed by atoms with Crippen molar-refractivity contribution >= 4 is 34.5 Å². The number of hydrogen-bond acceptors (Lipinski definition) is 11. The number of phosphoric ester groups is 1. The van der Waals surface area contributed by atoms with Crippen molar-refractivity contribution in [2.24, 2.45) is 0 Å². The predicted molar refractivity (Wildman–Crippen MR) is 96.1 cm³/mol. The highest BCUT2D eigenvalue weighted by atomic mass is 31.3. The number of aromatic nitrogens is 3. The lowest BCUT2D eigenvalue weighted by molar-refractivity contribution is -0.0539. The van der Waals surface area contributed by atoms with Gasteiger partial charge in [-0.05, 0) is 6.07 Å². The summed E-state index contributed by atoms with van der Waals surface area (Å²) in [5.41, 5.74) is -0.585. The lowest BCUT2D eigenvalue weighted by Gasteiger charge is -2.19. The summed E-state index contributed by atoms with van der Waals surface area (Å²) >= 11 is 0. The molecule has 174 valence electrons. The molecule has 3 rings (SSSR count). The number of rotatable bonds is 8. The van der Waals surface area contributed by atoms with Gasteiger partial charge in [0.25, 0.3) is 0 Å². The van der Waals surface area contributed by atoms with Crippen LogP contribution >= 0.6 is 23.5 Å². The highest BCUT2D eigenvalue weighted by molar-refractivity contribution is 7.66. The zero-order chi connectivity index (χ0) is 23.2. The van der Waals surface area contributed by atoms with Gasteiger partial charge in [-0.25, -0.2) is 18.5 Å². The average molecular weight is 507 g/mol. The Labute approximate surface area is 171 Å². The van der Waals surface area contributed by atoms with E-state index in [-0.39, 0.29) is 5.65 Å². The number of ether oxygens (including phenoxy) is 1. The average Bonchev–Trinajstić information content (AvgIpc) is 3.14. The van der Waals surface area contributed by atoms with Crippen molar-refractivity contribution in [2.75, 3.05) is 6.61 Å². The van der Waals surface area contributed by atoms with Gasteiger partial charge in [0.15, 0.2) is 6.23 Å². The van der Waals surface area contributed by atoms with Crippen molar-refractivity contribution < 1.29 is 61.4 Å². The molecule has 0 bridgehead atoms. The normalized spacial score (nSPS) is 28.5. The van der Waals surface area contributed by atoms with Gasteiger partial charge in [0.2, 0.25) is 0 Å². The molecule has 0 aliphatic carbocycles. The third-order valence-corrected chi connectivity index (χ3v) is 7.69. The number of nitrogens with one attached hydrogen (secondary N) is 1. The van der Waals surface area contributed by atoms with Gasteiger partial charge in [-0.2, -0.15) is 13.6 Å². The molecule has 3 heterocycles. The van der Waals surface area contributed by atoms with Crippen LogP contribution in [0.15, 0.2) is 23.3 Å². The minimum Gasteiger partial charge on any atom is -0.387 e. The van der Waals surface area contributed by atoms with Crippen molar-refractivity contribution in [2.45, 2.75) is 24.5 Å². The Morgan fingerprint density at radius 2 is 1.77 bits per heavy atom. The predicted octanol–water partition coefficient (Wildman–Crippen LogP) is -1.31. The summed E-state index contributed by atoms with van der Waals surface area (Å²) in [6, 6.07) is 1.57. The van der Waals surface area contributed by atoms with Crippen LogP contribution in [0.3, 0.4) is 0 Å². The van der Waals surface area contributed by atoms with Gasteiger partial charge >= 0.3 is 29.2 Å². The molecule has 1 fully saturated rings. The SMILES string of the molecule is O=c1nc2[nH]ccc2cn1[C@@H]1O[C@H](COP(=O)(O)OP(=O)(O)OP(=O)(O)O)[C@@H](O)[C@H]1O. The summed E-state index contributed by atoms with van der Waals surface area (Å²) in [4.78, 5) is 54.1. The second-order valence-electron chi connectivity index (χ2n) is 6.15. The van der Waals surface area contributed by atoms with Crippen molar-refractivity contribution in [3.63, 3.8) is 0 Å². The van der Waals surface area contributed by atoms with Crippen LogP contribution in [0.4, 0.5) is 0 Å². The summed E-state index contributed by atoms with van der Waals surface area (Å²) in [6.45, 7) is -1.01. The summed E-state index contributed by atoms with van der Waals surface area (Å²) in [5, 5.41) is 20.8. The first kappa shape index (κ1) is 24.4. The van der Waals surface area contributed by atoms with Gasteiger partial charge in [-0.1, -0.05) is 0 Å². The van der Waals surface area contributed by atoms with Crippen LogP contribution in [0.5, 0.6) is 0 Å². The second-order valence-corrected chi connectivity index (χ2v) is 10.6. The third-order valence-electron chi connectivity index (χ3n) is 3.89. The molecule has 0 radical (unpaired) electrons. The topological polar surface area (TPSA) is 260 Å². The minimum absolute atomic E-state index is 0.262. The summed E-state index contributed by atoms with van der Waals surface area (Å²) in [7, 11) is -16.7. The summed E-state index contributed by atoms with van der Waals surface area (Å²) in [5.74, 6) is 0. The molecule has 2 aromatic heterocycles. The fourth-order valence-corrected chi connectivity index (χ4v) is 5.71. The monoisotopic (exact) mass is 507 g/mol. The number of H-pyrrole nitrogens is 1. The van der Waals surface area contributed by atoms with Crippen LogP contribution in [-0.2, 0) is 31.6 Å². The van der Waals surface area contributed by atoms with E-state index >= 15 is 0 Å². The molecule has 7 N–H and O–H groups in total. The maximum absolute atomic E-state index is 12.2. The van der Waals surface area contributed by atoms with Crippen molar-refractivity contribution in [3.05, 3.63) is 28.9 Å². The van der Waals surface area contributed by atoms with E-state index in [2.05, 4.69) is 23.1 Å². The number of hydrogen-bond donors (Lipinski definition) is 7. The molecular formula is C11H16N3O14P3. The summed E-state index contributed by atoms with van der Waals surface area (Å²) < 4.78 is 51.3. The van der Waals surface area contributed by atoms with Crippen LogP contribution in [0.1, 0.15) is 6.23 Å². The lowest BCUT2D eigenvalue weighted by Crippen LogP contribution is -2.36. The van der Waals surface area contributed by atoms with Crippen LogP contribution < -0.4 is 5.69 Å². The molecule has 2 aromatic rings. The quantitative estimate of drug-likeness (QED) is 0.205. The minimum atomic E-state index is -5.72. The van der Waals surface area contributed by atoms with E-state index in [4.69, 9.17) is 19.4 Å². The smallest absolute Gasteiger partial charge is 0.387 e. The molecule has 1 saturated heterocycles. The van der Waals surface area contributed by atoms with Crippen molar-refractivity contribution in [1.29, 1.82) is 0 Å². The van der Waals surface area contributed by atoms with Gasteiger partial charge < -0.3 is 39.5 Å². The number of nitrogens with zero attached hydrogens (tertiary/aromatic N) is 2. The Morgan fingerprint density at radius 1 is 1.10 bits per heavy atom. The number of phosphoric acid groups is 3. The Bertz CT molecular complexity index is 1160. The maximum atomic E-state index is 12.2. The van der Waals surface area contributed by atoms with Crippen molar-refractivity contribution in [3.8, 4) is 0 Å². The largest absolute Gasteiger partial charge is 0.490 e. The van der Waals surface area contributed by atoms with Gasteiger partial charge in [0.05, 0.1) is 6.61 Å². The van der Waals surface area contributed by atoms with Crippen LogP contribution in [0.2, 0.25) is 0 Å². The Morgan fingerprint density at radius 3 is 2.42 bits per heavy atom. The highest BCUT2D eigenvalue weighted by Gasteiger charge is 2.46. The first-order chi connectivity index (χ1) is 14.2. The number of aliphatic hydroxyl groups excluding tert-OH is 2. The molecule has 1 aliphatic rings. The molecule has 0 saturated carbocycles. The number of aliphatic hydroxyl groups is 2. The molecule has 0 amide bonds. The Balaban J connectivity index is 1.69. The first-order valence-electron chi connectivity index (χ1n) is 8.04. The van der Waals surface area contributed by atoms with Crippen molar-refractivity contribution in [1.82, 2.24) is 14.5 Å². The van der Waals surface area contributed by atoms with E-state index in [1.165, 1.54) is 12.4 Å². The zero-order valence-corrected chi connectivity index (χ0v) is 17.6. The van der Waals surface area contributed by atoms with Crippen LogP contribution in [-0.4, -0.2) is 69.2 Å². The van der Waals surface area contributed by atoms with E-state index in [1.807, 2.05) is 0 Å². The van der Waals surface area contributed by atoms with E-state index in [0.29, 0.717) is 5.39 Å². The van der Waals surface area contributed by atoms with E-state index < -0.39 is 60.3 Å².